The summed E-state index contributed by atoms with van der Waals surface area (Å²) in [6, 6.07) is 19.9. The number of nitrogens with zero attached hydrogens (tertiary/aromatic N) is 4. The van der Waals surface area contributed by atoms with E-state index in [1.807, 2.05) is 48.5 Å². The second kappa shape index (κ2) is 10.4. The lowest BCUT2D eigenvalue weighted by Crippen LogP contribution is -2.48. The highest BCUT2D eigenvalue weighted by molar-refractivity contribution is 7.80. The Morgan fingerprint density at radius 1 is 0.806 bits per heavy atom. The summed E-state index contributed by atoms with van der Waals surface area (Å²) in [7, 11) is -2.49. The Bertz CT molecular complexity index is 931. The van der Waals surface area contributed by atoms with E-state index >= 15 is 0 Å². The zero-order valence-corrected chi connectivity index (χ0v) is 18.8. The predicted octanol–water partition coefficient (Wildman–Crippen LogP) is 3.33. The third-order valence-electron chi connectivity index (χ3n) is 5.54. The minimum absolute atomic E-state index is 0.0464. The van der Waals surface area contributed by atoms with Crippen LogP contribution in [0.5, 0.6) is 0 Å². The minimum Gasteiger partial charge on any atom is -0.379 e. The van der Waals surface area contributed by atoms with Crippen LogP contribution in [-0.4, -0.2) is 73.1 Å². The monoisotopic (exact) mass is 440 g/mol. The highest BCUT2D eigenvalue weighted by Crippen LogP contribution is 2.56. The Morgan fingerprint density at radius 2 is 1.29 bits per heavy atom. The summed E-state index contributed by atoms with van der Waals surface area (Å²) in [5.74, 6) is -0.0464. The molecular formula is C23H29N4O3P. The molecule has 2 aromatic rings. The van der Waals surface area contributed by atoms with E-state index in [-0.39, 0.29) is 5.78 Å². The van der Waals surface area contributed by atoms with Gasteiger partial charge in [0.05, 0.1) is 39.3 Å². The predicted molar refractivity (Wildman–Crippen MR) is 124 cm³/mol. The second-order valence-electron chi connectivity index (χ2n) is 7.48. The van der Waals surface area contributed by atoms with E-state index in [2.05, 4.69) is 31.7 Å². The van der Waals surface area contributed by atoms with Gasteiger partial charge in [-0.3, -0.25) is 14.1 Å². The standard InChI is InChI=1S/C23H29N4O3P/c1-20(28)23(25-24-21-8-4-2-5-9-21)31(22-10-6-3-7-11-22,26-12-16-29-17-13-26)27-14-18-30-19-15-27/h2-11H,12-19H2,1H3. The van der Waals surface area contributed by atoms with Crippen molar-refractivity contribution in [2.75, 3.05) is 52.6 Å². The van der Waals surface area contributed by atoms with Gasteiger partial charge in [-0.1, -0.05) is 48.5 Å². The molecule has 0 atom stereocenters. The average Bonchev–Trinajstić information content (AvgIpc) is 2.84. The fraction of sp³-hybridized carbons (Fsp3) is 0.391. The molecule has 0 saturated carbocycles. The van der Waals surface area contributed by atoms with E-state index < -0.39 is 7.19 Å². The van der Waals surface area contributed by atoms with Crippen LogP contribution in [0, 0.1) is 0 Å². The van der Waals surface area contributed by atoms with Gasteiger partial charge >= 0.3 is 0 Å². The molecule has 2 saturated heterocycles. The fourth-order valence-electron chi connectivity index (χ4n) is 4.17. The van der Waals surface area contributed by atoms with Crippen molar-refractivity contribution in [2.45, 2.75) is 6.92 Å². The number of morpholine rings is 2. The zero-order chi connectivity index (χ0) is 21.5. The second-order valence-corrected chi connectivity index (χ2v) is 10.8. The molecule has 0 radical (unpaired) electrons. The lowest BCUT2D eigenvalue weighted by Gasteiger charge is -2.48. The van der Waals surface area contributed by atoms with Crippen molar-refractivity contribution in [3.8, 4) is 0 Å². The third-order valence-corrected chi connectivity index (χ3v) is 9.99. The normalized spacial score (nSPS) is 18.9. The summed E-state index contributed by atoms with van der Waals surface area (Å²) in [6.07, 6.45) is 0. The molecule has 0 N–H and O–H groups in total. The van der Waals surface area contributed by atoms with Crippen LogP contribution in [0.3, 0.4) is 0 Å². The van der Waals surface area contributed by atoms with Crippen molar-refractivity contribution in [1.29, 1.82) is 0 Å². The van der Waals surface area contributed by atoms with Crippen LogP contribution >= 0.6 is 7.19 Å². The number of Topliss-reactive ketones (excluding diaryl/α,β-unsaturated/α-hetero) is 1. The van der Waals surface area contributed by atoms with Crippen LogP contribution in [0.25, 0.3) is 0 Å². The molecule has 164 valence electrons. The maximum atomic E-state index is 13.2. The molecule has 2 aliphatic rings. The minimum atomic E-state index is -2.49. The van der Waals surface area contributed by atoms with Gasteiger partial charge in [0.1, 0.15) is 0 Å². The molecule has 2 aliphatic heterocycles. The topological polar surface area (TPSA) is 66.7 Å². The molecule has 2 aromatic carbocycles. The van der Waals surface area contributed by atoms with Crippen LogP contribution in [0.4, 0.5) is 5.69 Å². The lowest BCUT2D eigenvalue weighted by atomic mass is 10.3. The smallest absolute Gasteiger partial charge is 0.182 e. The summed E-state index contributed by atoms with van der Waals surface area (Å²) in [6.45, 7) is 7.16. The molecular weight excluding hydrogens is 411 g/mol. The third kappa shape index (κ3) is 4.71. The van der Waals surface area contributed by atoms with Gasteiger partial charge in [-0.15, -0.1) is 5.11 Å². The molecule has 0 unspecified atom stereocenters. The van der Waals surface area contributed by atoms with Crippen molar-refractivity contribution in [3.05, 3.63) is 60.7 Å². The lowest BCUT2D eigenvalue weighted by molar-refractivity contribution is -0.111. The number of hydrogen-bond donors (Lipinski definition) is 0. The molecule has 31 heavy (non-hydrogen) atoms. The maximum Gasteiger partial charge on any atom is 0.182 e. The Kier molecular flexibility index (Phi) is 7.43. The number of carbonyl (C=O) groups excluding carboxylic acids is 1. The van der Waals surface area contributed by atoms with E-state index in [4.69, 9.17) is 9.47 Å². The van der Waals surface area contributed by atoms with Gasteiger partial charge < -0.3 is 9.47 Å². The van der Waals surface area contributed by atoms with Crippen molar-refractivity contribution in [3.63, 3.8) is 0 Å². The summed E-state index contributed by atoms with van der Waals surface area (Å²) in [5, 5.41) is 10.3. The van der Waals surface area contributed by atoms with E-state index in [9.17, 15) is 4.79 Å². The Morgan fingerprint density at radius 3 is 1.77 bits per heavy atom. The van der Waals surface area contributed by atoms with E-state index in [0.29, 0.717) is 31.8 Å². The number of rotatable bonds is 6. The highest BCUT2D eigenvalue weighted by Gasteiger charge is 2.41. The molecule has 8 heteroatoms. The number of ketones is 1. The van der Waals surface area contributed by atoms with Crippen LogP contribution in [0.2, 0.25) is 0 Å². The van der Waals surface area contributed by atoms with Crippen LogP contribution in [0.15, 0.2) is 70.9 Å². The molecule has 0 amide bonds. The number of hydrogen-bond acceptors (Lipinski definition) is 6. The number of benzene rings is 2. The van der Waals surface area contributed by atoms with Crippen LogP contribution < -0.4 is 5.30 Å². The maximum absolute atomic E-state index is 13.2. The van der Waals surface area contributed by atoms with Gasteiger partial charge in [0.25, 0.3) is 0 Å². The van der Waals surface area contributed by atoms with E-state index in [1.54, 1.807) is 6.92 Å². The Hall–Kier alpha value is -2.15. The molecule has 2 fully saturated rings. The fourth-order valence-corrected chi connectivity index (χ4v) is 8.64. The van der Waals surface area contributed by atoms with Crippen molar-refractivity contribution < 1.29 is 14.3 Å². The zero-order valence-electron chi connectivity index (χ0n) is 17.9. The Labute approximate surface area is 183 Å². The van der Waals surface area contributed by atoms with Gasteiger partial charge in [-0.2, -0.15) is 5.11 Å². The van der Waals surface area contributed by atoms with Gasteiger partial charge in [0.2, 0.25) is 0 Å². The first-order valence-electron chi connectivity index (χ1n) is 10.7. The van der Waals surface area contributed by atoms with Gasteiger partial charge in [0.15, 0.2) is 11.2 Å². The quantitative estimate of drug-likeness (QED) is 0.509. The SMILES string of the molecule is CC(=O)C(N=Nc1ccccc1)=P(c1ccccc1)(N1CCOCC1)N1CCOCC1. The summed E-state index contributed by atoms with van der Waals surface area (Å²) >= 11 is 0. The largest absolute Gasteiger partial charge is 0.379 e. The number of carbonyl (C=O) groups is 1. The van der Waals surface area contributed by atoms with Crippen molar-refractivity contribution in [1.82, 2.24) is 9.34 Å². The molecule has 0 aliphatic carbocycles. The molecule has 0 bridgehead atoms. The highest BCUT2D eigenvalue weighted by atomic mass is 31.2. The first-order chi connectivity index (χ1) is 15.2. The average molecular weight is 440 g/mol. The van der Waals surface area contributed by atoms with Crippen LogP contribution in [-0.2, 0) is 14.3 Å². The van der Waals surface area contributed by atoms with Crippen molar-refractivity contribution >= 4 is 29.4 Å². The van der Waals surface area contributed by atoms with E-state index in [0.717, 1.165) is 37.2 Å². The molecule has 7 nitrogen and oxygen atoms in total. The molecule has 0 aromatic heterocycles. The molecule has 4 rings (SSSR count). The molecule has 2 heterocycles. The van der Waals surface area contributed by atoms with Gasteiger partial charge in [-0.05, 0) is 12.1 Å². The summed E-state index contributed by atoms with van der Waals surface area (Å²) in [5.41, 5.74) is 1.27. The first-order valence-corrected chi connectivity index (χ1v) is 12.4. The number of azo groups is 1. The molecule has 0 spiro atoms. The van der Waals surface area contributed by atoms with Crippen molar-refractivity contribution in [2.24, 2.45) is 10.2 Å². The Balaban J connectivity index is 1.99. The number of ether oxygens (including phenoxy) is 2. The summed E-state index contributed by atoms with van der Waals surface area (Å²) in [4.78, 5) is 13.2. The summed E-state index contributed by atoms with van der Waals surface area (Å²) < 4.78 is 16.2. The van der Waals surface area contributed by atoms with Gasteiger partial charge in [-0.25, -0.2) is 0 Å². The van der Waals surface area contributed by atoms with Crippen LogP contribution in [0.1, 0.15) is 6.92 Å². The first kappa shape index (κ1) is 22.1. The van der Waals surface area contributed by atoms with E-state index in [1.165, 1.54) is 0 Å². The van der Waals surface area contributed by atoms with Gasteiger partial charge in [0, 0.05) is 38.4 Å².